The lowest BCUT2D eigenvalue weighted by molar-refractivity contribution is -0.135. The molecule has 1 heterocycles. The van der Waals surface area contributed by atoms with Gasteiger partial charge in [-0.25, -0.2) is 0 Å². The Labute approximate surface area is 156 Å². The number of hydrogen-bond donors (Lipinski definition) is 0. The van der Waals surface area contributed by atoms with Crippen LogP contribution in [0.4, 0.5) is 0 Å². The standard InChI is InChI=1S/C20H31N3O3/c1-4-22(5-2)20(25)16-21-11-13-23(14-12-21)19(24)10-9-17-7-6-8-18(15-17)26-3/h6-8,15H,4-5,9-14,16H2,1-3H3. The van der Waals surface area contributed by atoms with Crippen molar-refractivity contribution in [2.45, 2.75) is 26.7 Å². The molecular weight excluding hydrogens is 330 g/mol. The number of carbonyl (C=O) groups is 2. The van der Waals surface area contributed by atoms with Crippen molar-refractivity contribution in [1.82, 2.24) is 14.7 Å². The van der Waals surface area contributed by atoms with Crippen LogP contribution in [0.5, 0.6) is 5.75 Å². The van der Waals surface area contributed by atoms with Crippen molar-refractivity contribution in [2.75, 3.05) is 52.9 Å². The highest BCUT2D eigenvalue weighted by Crippen LogP contribution is 2.15. The minimum atomic E-state index is 0.174. The summed E-state index contributed by atoms with van der Waals surface area (Å²) in [6.45, 7) is 8.87. The minimum Gasteiger partial charge on any atom is -0.497 e. The zero-order valence-electron chi connectivity index (χ0n) is 16.2. The summed E-state index contributed by atoms with van der Waals surface area (Å²) in [6, 6.07) is 7.85. The van der Waals surface area contributed by atoms with Crippen LogP contribution in [-0.2, 0) is 16.0 Å². The van der Waals surface area contributed by atoms with E-state index in [0.717, 1.165) is 43.9 Å². The molecule has 26 heavy (non-hydrogen) atoms. The van der Waals surface area contributed by atoms with Gasteiger partial charge in [-0.05, 0) is 38.0 Å². The molecular formula is C20H31N3O3. The smallest absolute Gasteiger partial charge is 0.236 e. The summed E-state index contributed by atoms with van der Waals surface area (Å²) >= 11 is 0. The first kappa shape index (κ1) is 20.2. The van der Waals surface area contributed by atoms with E-state index in [4.69, 9.17) is 4.74 Å². The lowest BCUT2D eigenvalue weighted by Crippen LogP contribution is -2.51. The third-order valence-corrected chi connectivity index (χ3v) is 4.96. The second kappa shape index (κ2) is 10.2. The Balaban J connectivity index is 1.74. The van der Waals surface area contributed by atoms with Crippen LogP contribution in [0.1, 0.15) is 25.8 Å². The number of amides is 2. The SMILES string of the molecule is CCN(CC)C(=O)CN1CCN(C(=O)CCc2cccc(OC)c2)CC1. The molecule has 0 aliphatic carbocycles. The van der Waals surface area contributed by atoms with Gasteiger partial charge in [0.2, 0.25) is 11.8 Å². The van der Waals surface area contributed by atoms with Gasteiger partial charge in [-0.15, -0.1) is 0 Å². The second-order valence-electron chi connectivity index (χ2n) is 6.57. The van der Waals surface area contributed by atoms with Crippen molar-refractivity contribution < 1.29 is 14.3 Å². The van der Waals surface area contributed by atoms with Crippen LogP contribution in [0, 0.1) is 0 Å². The molecule has 0 radical (unpaired) electrons. The molecule has 1 fully saturated rings. The molecule has 0 unspecified atom stereocenters. The Bertz CT molecular complexity index is 594. The molecule has 1 saturated heterocycles. The van der Waals surface area contributed by atoms with Gasteiger partial charge in [-0.2, -0.15) is 0 Å². The van der Waals surface area contributed by atoms with Crippen LogP contribution in [0.15, 0.2) is 24.3 Å². The highest BCUT2D eigenvalue weighted by Gasteiger charge is 2.23. The number of hydrogen-bond acceptors (Lipinski definition) is 4. The predicted molar refractivity (Wildman–Crippen MR) is 102 cm³/mol. The van der Waals surface area contributed by atoms with Gasteiger partial charge in [0.1, 0.15) is 5.75 Å². The monoisotopic (exact) mass is 361 g/mol. The molecule has 144 valence electrons. The number of benzene rings is 1. The summed E-state index contributed by atoms with van der Waals surface area (Å²) in [7, 11) is 1.65. The van der Waals surface area contributed by atoms with E-state index in [1.54, 1.807) is 7.11 Å². The van der Waals surface area contributed by atoms with Crippen molar-refractivity contribution in [3.8, 4) is 5.75 Å². The maximum atomic E-state index is 12.5. The fourth-order valence-corrected chi connectivity index (χ4v) is 3.26. The van der Waals surface area contributed by atoms with E-state index in [2.05, 4.69) is 4.90 Å². The molecule has 1 aliphatic heterocycles. The molecule has 0 bridgehead atoms. The van der Waals surface area contributed by atoms with Crippen molar-refractivity contribution >= 4 is 11.8 Å². The Kier molecular flexibility index (Phi) is 7.91. The number of methoxy groups -OCH3 is 1. The molecule has 2 amide bonds. The van der Waals surface area contributed by atoms with Gasteiger partial charge in [0, 0.05) is 45.7 Å². The maximum Gasteiger partial charge on any atom is 0.236 e. The van der Waals surface area contributed by atoms with Crippen molar-refractivity contribution in [2.24, 2.45) is 0 Å². The number of ether oxygens (including phenoxy) is 1. The first-order chi connectivity index (χ1) is 12.6. The number of nitrogens with zero attached hydrogens (tertiary/aromatic N) is 3. The molecule has 0 aromatic heterocycles. The largest absolute Gasteiger partial charge is 0.497 e. The fourth-order valence-electron chi connectivity index (χ4n) is 3.26. The van der Waals surface area contributed by atoms with Crippen LogP contribution in [0.3, 0.4) is 0 Å². The highest BCUT2D eigenvalue weighted by molar-refractivity contribution is 5.78. The van der Waals surface area contributed by atoms with Crippen LogP contribution < -0.4 is 4.74 Å². The number of carbonyl (C=O) groups excluding carboxylic acids is 2. The molecule has 1 aliphatic rings. The third kappa shape index (κ3) is 5.73. The summed E-state index contributed by atoms with van der Waals surface area (Å²) in [4.78, 5) is 30.6. The topological polar surface area (TPSA) is 53.1 Å². The second-order valence-corrected chi connectivity index (χ2v) is 6.57. The number of piperazine rings is 1. The first-order valence-electron chi connectivity index (χ1n) is 9.48. The molecule has 1 aromatic rings. The van der Waals surface area contributed by atoms with Gasteiger partial charge < -0.3 is 14.5 Å². The van der Waals surface area contributed by atoms with E-state index < -0.39 is 0 Å². The number of likely N-dealkylation sites (N-methyl/N-ethyl adjacent to an activating group) is 1. The van der Waals surface area contributed by atoms with Gasteiger partial charge in [-0.3, -0.25) is 14.5 Å². The third-order valence-electron chi connectivity index (χ3n) is 4.96. The van der Waals surface area contributed by atoms with Gasteiger partial charge in [0.05, 0.1) is 13.7 Å². The Morgan fingerprint density at radius 2 is 1.81 bits per heavy atom. The maximum absolute atomic E-state index is 12.5. The lowest BCUT2D eigenvalue weighted by Gasteiger charge is -2.35. The molecule has 0 atom stereocenters. The Morgan fingerprint density at radius 3 is 2.42 bits per heavy atom. The number of aryl methyl sites for hydroxylation is 1. The predicted octanol–water partition coefficient (Wildman–Crippen LogP) is 1.64. The lowest BCUT2D eigenvalue weighted by atomic mass is 10.1. The summed E-state index contributed by atoms with van der Waals surface area (Å²) in [6.07, 6.45) is 1.22. The highest BCUT2D eigenvalue weighted by atomic mass is 16.5. The average molecular weight is 361 g/mol. The van der Waals surface area contributed by atoms with Gasteiger partial charge >= 0.3 is 0 Å². The number of rotatable bonds is 8. The summed E-state index contributed by atoms with van der Waals surface area (Å²) < 4.78 is 5.22. The summed E-state index contributed by atoms with van der Waals surface area (Å²) in [5.41, 5.74) is 1.11. The van der Waals surface area contributed by atoms with E-state index >= 15 is 0 Å². The molecule has 0 N–H and O–H groups in total. The minimum absolute atomic E-state index is 0.174. The van der Waals surface area contributed by atoms with E-state index in [9.17, 15) is 9.59 Å². The van der Waals surface area contributed by atoms with Crippen molar-refractivity contribution in [1.29, 1.82) is 0 Å². The van der Waals surface area contributed by atoms with E-state index in [1.807, 2.05) is 47.9 Å². The van der Waals surface area contributed by atoms with Gasteiger partial charge in [0.15, 0.2) is 0 Å². The van der Waals surface area contributed by atoms with Gasteiger partial charge in [-0.1, -0.05) is 12.1 Å². The Hall–Kier alpha value is -2.08. The molecule has 0 saturated carbocycles. The van der Waals surface area contributed by atoms with Crippen molar-refractivity contribution in [3.05, 3.63) is 29.8 Å². The fraction of sp³-hybridized carbons (Fsp3) is 0.600. The average Bonchev–Trinajstić information content (AvgIpc) is 2.67. The normalized spacial score (nSPS) is 15.0. The van der Waals surface area contributed by atoms with Crippen LogP contribution in [-0.4, -0.2) is 79.4 Å². The van der Waals surface area contributed by atoms with Crippen molar-refractivity contribution in [3.63, 3.8) is 0 Å². The van der Waals surface area contributed by atoms with E-state index in [-0.39, 0.29) is 11.8 Å². The molecule has 1 aromatic carbocycles. The quantitative estimate of drug-likeness (QED) is 0.706. The Morgan fingerprint density at radius 1 is 1.12 bits per heavy atom. The summed E-state index contributed by atoms with van der Waals surface area (Å²) in [5, 5.41) is 0. The summed E-state index contributed by atoms with van der Waals surface area (Å²) in [5.74, 6) is 1.18. The molecule has 6 nitrogen and oxygen atoms in total. The van der Waals surface area contributed by atoms with E-state index in [0.29, 0.717) is 26.1 Å². The van der Waals surface area contributed by atoms with Crippen LogP contribution >= 0.6 is 0 Å². The first-order valence-corrected chi connectivity index (χ1v) is 9.48. The van der Waals surface area contributed by atoms with Crippen LogP contribution in [0.2, 0.25) is 0 Å². The van der Waals surface area contributed by atoms with E-state index in [1.165, 1.54) is 0 Å². The molecule has 0 spiro atoms. The molecule has 2 rings (SSSR count). The van der Waals surface area contributed by atoms with Gasteiger partial charge in [0.25, 0.3) is 0 Å². The molecule has 6 heteroatoms. The zero-order valence-corrected chi connectivity index (χ0v) is 16.2. The zero-order chi connectivity index (χ0) is 18.9. The van der Waals surface area contributed by atoms with Crippen LogP contribution in [0.25, 0.3) is 0 Å².